The molecule has 1 aliphatic heterocycles. The molecule has 1 amide bonds. The van der Waals surface area contributed by atoms with Crippen molar-refractivity contribution in [3.05, 3.63) is 22.7 Å². The van der Waals surface area contributed by atoms with E-state index in [9.17, 15) is 29.3 Å². The number of phosphoric acid groups is 1. The fourth-order valence-corrected chi connectivity index (χ4v) is 11.4. The Labute approximate surface area is 482 Å². The standard InChI is InChI=1S/C64H122N3O11P/c1-4-7-10-13-16-19-22-25-27-29-32-35-38-41-44-47-52-74-54-57(75-53-48-45-42-39-36-33-30-28-26-23-20-17-14-11-8-5-2)55-76-79(72,73)77-56-58-61(69)62(70)63(78-58)67-51-50-59(66-64(67)71)65-60(68)49-46-43-40-37-34-31-24-21-18-15-12-9-6-3/h50-51,57-58,61-63,69-70H,4-49,52-56H2,1-3H3,(H,72,73)(H,65,66,68,71)/t57?,58-,61-,62+,63-/m1/s1. The number of anilines is 1. The Morgan fingerprint density at radius 2 is 0.937 bits per heavy atom. The summed E-state index contributed by atoms with van der Waals surface area (Å²) in [5, 5.41) is 24.4. The largest absolute Gasteiger partial charge is 0.472 e. The van der Waals surface area contributed by atoms with E-state index >= 15 is 0 Å². The predicted octanol–water partition coefficient (Wildman–Crippen LogP) is 17.3. The molecule has 0 aromatic carbocycles. The maximum Gasteiger partial charge on any atom is 0.472 e. The number of ether oxygens (including phenoxy) is 3. The van der Waals surface area contributed by atoms with Crippen LogP contribution in [0.3, 0.4) is 0 Å². The normalized spacial score (nSPS) is 17.6. The second-order valence-electron chi connectivity index (χ2n) is 23.3. The second-order valence-corrected chi connectivity index (χ2v) is 24.8. The predicted molar refractivity (Wildman–Crippen MR) is 325 cm³/mol. The van der Waals surface area contributed by atoms with Crippen molar-refractivity contribution < 1.29 is 47.7 Å². The zero-order valence-electron chi connectivity index (χ0n) is 51.1. The minimum Gasteiger partial charge on any atom is -0.387 e. The molecule has 0 bridgehead atoms. The maximum absolute atomic E-state index is 13.2. The first-order chi connectivity index (χ1) is 38.6. The number of rotatable bonds is 59. The SMILES string of the molecule is CCCCCCCCCCCCCCCCCCOCC(COP(=O)(O)OC[C@H]1O[C@@H](n2ccc(NC(=O)CCCCCCCCCCCCCCC)nc2=O)[C@@H](O)[C@@H]1O)OCCCCCCCCCCCCCCCCCC. The van der Waals surface area contributed by atoms with E-state index in [4.69, 9.17) is 23.3 Å². The Hall–Kier alpha value is -1.74. The highest BCUT2D eigenvalue weighted by Crippen LogP contribution is 2.44. The third-order valence-corrected chi connectivity index (χ3v) is 16.8. The first kappa shape index (κ1) is 73.4. The summed E-state index contributed by atoms with van der Waals surface area (Å²) in [7, 11) is -4.68. The molecule has 1 saturated heterocycles. The number of aliphatic hydroxyl groups is 2. The van der Waals surface area contributed by atoms with Gasteiger partial charge in [0.1, 0.15) is 30.2 Å². The van der Waals surface area contributed by atoms with Gasteiger partial charge in [0, 0.05) is 25.8 Å². The molecule has 2 unspecified atom stereocenters. The van der Waals surface area contributed by atoms with E-state index in [1.165, 1.54) is 250 Å². The number of aromatic nitrogens is 2. The van der Waals surface area contributed by atoms with E-state index in [0.717, 1.165) is 55.9 Å². The number of hydrogen-bond acceptors (Lipinski definition) is 11. The Bertz CT molecular complexity index is 1640. The van der Waals surface area contributed by atoms with Gasteiger partial charge in [-0.2, -0.15) is 4.98 Å². The van der Waals surface area contributed by atoms with Gasteiger partial charge in [-0.25, -0.2) is 9.36 Å². The molecule has 6 atom stereocenters. The Morgan fingerprint density at radius 1 is 0.557 bits per heavy atom. The molecule has 464 valence electrons. The third kappa shape index (κ3) is 41.0. The number of aliphatic hydroxyl groups excluding tert-OH is 2. The first-order valence-corrected chi connectivity index (χ1v) is 34.8. The minimum absolute atomic E-state index is 0.0742. The third-order valence-electron chi connectivity index (χ3n) is 15.8. The average Bonchev–Trinajstić information content (AvgIpc) is 3.89. The highest BCUT2D eigenvalue weighted by atomic mass is 31.2. The van der Waals surface area contributed by atoms with Crippen molar-refractivity contribution in [2.45, 2.75) is 347 Å². The number of hydrogen-bond donors (Lipinski definition) is 4. The van der Waals surface area contributed by atoms with Crippen LogP contribution in [-0.2, 0) is 32.6 Å². The zero-order chi connectivity index (χ0) is 57.1. The molecule has 2 rings (SSSR count). The molecule has 1 aromatic rings. The van der Waals surface area contributed by atoms with E-state index in [-0.39, 0.29) is 24.9 Å². The molecule has 4 N–H and O–H groups in total. The summed E-state index contributed by atoms with van der Waals surface area (Å²) in [6, 6.07) is 1.43. The number of carbonyl (C=O) groups excluding carboxylic acids is 1. The van der Waals surface area contributed by atoms with Crippen LogP contribution < -0.4 is 11.0 Å². The topological polar surface area (TPSA) is 188 Å². The lowest BCUT2D eigenvalue weighted by Crippen LogP contribution is -2.36. The van der Waals surface area contributed by atoms with Crippen LogP contribution >= 0.6 is 7.82 Å². The summed E-state index contributed by atoms with van der Waals surface area (Å²) < 4.78 is 42.8. The van der Waals surface area contributed by atoms with Gasteiger partial charge >= 0.3 is 13.5 Å². The quantitative estimate of drug-likeness (QED) is 0.0358. The summed E-state index contributed by atoms with van der Waals surface area (Å²) in [6.45, 7) is 7.21. The lowest BCUT2D eigenvalue weighted by molar-refractivity contribution is -0.116. The number of nitrogens with one attached hydrogen (secondary N) is 1. The molecular weight excluding hydrogens is 1020 g/mol. The Balaban J connectivity index is 1.73. The van der Waals surface area contributed by atoms with Crippen LogP contribution in [0.1, 0.15) is 322 Å². The molecule has 0 saturated carbocycles. The van der Waals surface area contributed by atoms with Gasteiger partial charge in [-0.05, 0) is 25.3 Å². The molecule has 0 aliphatic carbocycles. The average molecular weight is 1140 g/mol. The number of amides is 1. The summed E-state index contributed by atoms with van der Waals surface area (Å²) in [4.78, 5) is 40.4. The Kier molecular flexibility index (Phi) is 48.2. The summed E-state index contributed by atoms with van der Waals surface area (Å²) in [5.74, 6) is -0.162. The van der Waals surface area contributed by atoms with Crippen LogP contribution in [-0.4, -0.2) is 88.0 Å². The minimum atomic E-state index is -4.68. The highest BCUT2D eigenvalue weighted by molar-refractivity contribution is 7.47. The Morgan fingerprint density at radius 3 is 1.34 bits per heavy atom. The first-order valence-electron chi connectivity index (χ1n) is 33.3. The van der Waals surface area contributed by atoms with Crippen LogP contribution in [0.25, 0.3) is 0 Å². The molecule has 0 spiro atoms. The summed E-state index contributed by atoms with van der Waals surface area (Å²) in [6.07, 6.45) is 52.4. The van der Waals surface area contributed by atoms with Gasteiger partial charge in [0.2, 0.25) is 5.91 Å². The van der Waals surface area contributed by atoms with Gasteiger partial charge < -0.3 is 34.6 Å². The van der Waals surface area contributed by atoms with Gasteiger partial charge in [-0.3, -0.25) is 18.4 Å². The number of phosphoric ester groups is 1. The van der Waals surface area contributed by atoms with Crippen molar-refractivity contribution in [2.24, 2.45) is 0 Å². The van der Waals surface area contributed by atoms with E-state index in [1.807, 2.05) is 0 Å². The molecular formula is C64H122N3O11P. The van der Waals surface area contributed by atoms with E-state index in [1.54, 1.807) is 0 Å². The van der Waals surface area contributed by atoms with Crippen molar-refractivity contribution in [2.75, 3.05) is 38.4 Å². The monoisotopic (exact) mass is 1140 g/mol. The van der Waals surface area contributed by atoms with Crippen LogP contribution in [0, 0.1) is 0 Å². The number of carbonyl (C=O) groups is 1. The molecule has 14 nitrogen and oxygen atoms in total. The summed E-state index contributed by atoms with van der Waals surface area (Å²) in [5.41, 5.74) is -0.810. The van der Waals surface area contributed by atoms with Gasteiger partial charge in [-0.15, -0.1) is 0 Å². The highest BCUT2D eigenvalue weighted by Gasteiger charge is 2.45. The molecule has 2 heterocycles. The molecule has 15 heteroatoms. The van der Waals surface area contributed by atoms with Gasteiger partial charge in [0.25, 0.3) is 0 Å². The number of unbranched alkanes of at least 4 members (excludes halogenated alkanes) is 42. The van der Waals surface area contributed by atoms with Crippen LogP contribution in [0.15, 0.2) is 17.1 Å². The van der Waals surface area contributed by atoms with Crippen molar-refractivity contribution in [3.8, 4) is 0 Å². The lowest BCUT2D eigenvalue weighted by atomic mass is 10.0. The maximum atomic E-state index is 13.2. The van der Waals surface area contributed by atoms with Crippen LogP contribution in [0.5, 0.6) is 0 Å². The fourth-order valence-electron chi connectivity index (χ4n) is 10.7. The van der Waals surface area contributed by atoms with E-state index in [2.05, 4.69) is 31.1 Å². The van der Waals surface area contributed by atoms with Gasteiger partial charge in [0.05, 0.1) is 19.8 Å². The molecule has 79 heavy (non-hydrogen) atoms. The van der Waals surface area contributed by atoms with Crippen molar-refractivity contribution in [3.63, 3.8) is 0 Å². The van der Waals surface area contributed by atoms with Gasteiger partial charge in [-0.1, -0.05) is 290 Å². The van der Waals surface area contributed by atoms with Crippen LogP contribution in [0.2, 0.25) is 0 Å². The van der Waals surface area contributed by atoms with E-state index < -0.39 is 50.8 Å². The van der Waals surface area contributed by atoms with Crippen LogP contribution in [0.4, 0.5) is 5.82 Å². The van der Waals surface area contributed by atoms with Crippen molar-refractivity contribution >= 4 is 19.5 Å². The van der Waals surface area contributed by atoms with Crippen molar-refractivity contribution in [1.82, 2.24) is 9.55 Å². The van der Waals surface area contributed by atoms with Crippen molar-refractivity contribution in [1.29, 1.82) is 0 Å². The molecule has 0 radical (unpaired) electrons. The zero-order valence-corrected chi connectivity index (χ0v) is 51.9. The van der Waals surface area contributed by atoms with E-state index in [0.29, 0.717) is 19.6 Å². The fraction of sp³-hybridized carbons (Fsp3) is 0.922. The number of nitrogens with zero attached hydrogens (tertiary/aromatic N) is 2. The molecule has 1 aliphatic rings. The smallest absolute Gasteiger partial charge is 0.387 e. The summed E-state index contributed by atoms with van der Waals surface area (Å²) >= 11 is 0. The van der Waals surface area contributed by atoms with Gasteiger partial charge in [0.15, 0.2) is 6.23 Å². The molecule has 1 fully saturated rings. The molecule has 1 aromatic heterocycles. The second kappa shape index (κ2) is 51.9. The lowest BCUT2D eigenvalue weighted by Gasteiger charge is -2.21.